The molecular weight excluding hydrogens is 334 g/mol. The first-order valence-corrected chi connectivity index (χ1v) is 7.43. The Morgan fingerprint density at radius 2 is 2.08 bits per heavy atom. The van der Waals surface area contributed by atoms with Crippen LogP contribution >= 0.6 is 12.4 Å². The number of aromatic amines is 1. The smallest absolute Gasteiger partial charge is 0.272 e. The summed E-state index contributed by atoms with van der Waals surface area (Å²) in [6.07, 6.45) is 1.45. The molecule has 3 rings (SSSR count). The predicted octanol–water partition coefficient (Wildman–Crippen LogP) is 1.36. The van der Waals surface area contributed by atoms with Crippen LogP contribution in [0, 0.1) is 10.1 Å². The highest BCUT2D eigenvalue weighted by molar-refractivity contribution is 5.94. The molecule has 9 heteroatoms. The van der Waals surface area contributed by atoms with Crippen molar-refractivity contribution >= 4 is 24.0 Å². The molecule has 1 amide bonds. The Hall–Kier alpha value is -2.45. The Balaban J connectivity index is 0.00000208. The molecule has 0 radical (unpaired) electrons. The van der Waals surface area contributed by atoms with Gasteiger partial charge in [-0.15, -0.1) is 12.4 Å². The molecule has 2 heterocycles. The molecule has 1 aromatic heterocycles. The topological polar surface area (TPSA) is 113 Å². The number of hydrogen-bond acceptors (Lipinski definition) is 5. The number of amides is 1. The minimum absolute atomic E-state index is 0. The van der Waals surface area contributed by atoms with E-state index in [9.17, 15) is 14.9 Å². The Labute approximate surface area is 144 Å². The summed E-state index contributed by atoms with van der Waals surface area (Å²) in [5.41, 5.74) is 3.39. The van der Waals surface area contributed by atoms with Crippen molar-refractivity contribution in [2.75, 3.05) is 13.1 Å². The zero-order chi connectivity index (χ0) is 16.2. The van der Waals surface area contributed by atoms with E-state index in [-0.39, 0.29) is 24.0 Å². The molecule has 1 aliphatic heterocycles. The lowest BCUT2D eigenvalue weighted by Crippen LogP contribution is -2.29. The number of hydrogen-bond donors (Lipinski definition) is 3. The Bertz CT molecular complexity index is 729. The van der Waals surface area contributed by atoms with Crippen LogP contribution < -0.4 is 10.6 Å². The van der Waals surface area contributed by atoms with Gasteiger partial charge in [-0.3, -0.25) is 20.0 Å². The Morgan fingerprint density at radius 1 is 1.33 bits per heavy atom. The molecule has 0 atom stereocenters. The molecule has 0 saturated heterocycles. The molecule has 128 valence electrons. The molecule has 0 spiro atoms. The average Bonchev–Trinajstić information content (AvgIpc) is 2.99. The van der Waals surface area contributed by atoms with Crippen LogP contribution in [0.5, 0.6) is 0 Å². The van der Waals surface area contributed by atoms with Crippen LogP contribution in [0.25, 0.3) is 0 Å². The van der Waals surface area contributed by atoms with Gasteiger partial charge in [0.05, 0.1) is 4.92 Å². The van der Waals surface area contributed by atoms with Gasteiger partial charge in [-0.25, -0.2) is 0 Å². The summed E-state index contributed by atoms with van der Waals surface area (Å²) in [6, 6.07) is 6.33. The fourth-order valence-corrected chi connectivity index (χ4v) is 2.60. The van der Waals surface area contributed by atoms with Gasteiger partial charge in [-0.05, 0) is 12.0 Å². The summed E-state index contributed by atoms with van der Waals surface area (Å²) < 4.78 is 0. The van der Waals surface area contributed by atoms with Crippen molar-refractivity contribution in [2.24, 2.45) is 0 Å². The van der Waals surface area contributed by atoms with E-state index in [0.29, 0.717) is 25.2 Å². The minimum atomic E-state index is -0.430. The predicted molar refractivity (Wildman–Crippen MR) is 90.4 cm³/mol. The summed E-state index contributed by atoms with van der Waals surface area (Å²) >= 11 is 0. The number of nitrogens with one attached hydrogen (secondary N) is 3. The lowest BCUT2D eigenvalue weighted by atomic mass is 10.1. The summed E-state index contributed by atoms with van der Waals surface area (Å²) in [5, 5.41) is 23.7. The van der Waals surface area contributed by atoms with Crippen LogP contribution in [0.1, 0.15) is 27.3 Å². The summed E-state index contributed by atoms with van der Waals surface area (Å²) in [6.45, 7) is 1.99. The van der Waals surface area contributed by atoms with E-state index in [1.807, 2.05) is 0 Å². The summed E-state index contributed by atoms with van der Waals surface area (Å²) in [7, 11) is 0. The van der Waals surface area contributed by atoms with E-state index in [1.165, 1.54) is 12.1 Å². The molecule has 2 aromatic rings. The number of nitrogens with zero attached hydrogens (tertiary/aromatic N) is 2. The number of nitro benzene ring substituents is 1. The van der Waals surface area contributed by atoms with Crippen molar-refractivity contribution in [2.45, 2.75) is 19.4 Å². The van der Waals surface area contributed by atoms with E-state index >= 15 is 0 Å². The molecule has 0 bridgehead atoms. The van der Waals surface area contributed by atoms with Crippen molar-refractivity contribution in [1.82, 2.24) is 20.8 Å². The lowest BCUT2D eigenvalue weighted by molar-refractivity contribution is -0.384. The normalized spacial score (nSPS) is 12.8. The van der Waals surface area contributed by atoms with E-state index in [2.05, 4.69) is 20.8 Å². The number of H-pyrrole nitrogens is 1. The standard InChI is InChI=1S/C15H17N5O3.ClH/c21-15(14-12-9-16-7-6-13(12)18-19-14)17-8-5-10-1-3-11(4-2-10)20(22)23;/h1-4,16H,5-9H2,(H,17,21)(H,18,19);1H. The average molecular weight is 352 g/mol. The van der Waals surface area contributed by atoms with Gasteiger partial charge in [0.15, 0.2) is 5.69 Å². The summed E-state index contributed by atoms with van der Waals surface area (Å²) in [4.78, 5) is 22.4. The number of fused-ring (bicyclic) bond motifs is 1. The fourth-order valence-electron chi connectivity index (χ4n) is 2.60. The van der Waals surface area contributed by atoms with Crippen molar-refractivity contribution in [3.05, 3.63) is 56.9 Å². The van der Waals surface area contributed by atoms with Gasteiger partial charge in [0, 0.05) is 49.4 Å². The van der Waals surface area contributed by atoms with Crippen molar-refractivity contribution in [3.8, 4) is 0 Å². The number of non-ortho nitro benzene ring substituents is 1. The van der Waals surface area contributed by atoms with Crippen LogP contribution in [0.3, 0.4) is 0 Å². The molecule has 0 aliphatic carbocycles. The van der Waals surface area contributed by atoms with Crippen LogP contribution in [-0.2, 0) is 19.4 Å². The first-order valence-electron chi connectivity index (χ1n) is 7.43. The second-order valence-electron chi connectivity index (χ2n) is 5.39. The molecule has 0 fully saturated rings. The third-order valence-electron chi connectivity index (χ3n) is 3.87. The second-order valence-corrected chi connectivity index (χ2v) is 5.39. The summed E-state index contributed by atoms with van der Waals surface area (Å²) in [5.74, 6) is -0.201. The first kappa shape index (κ1) is 17.9. The third kappa shape index (κ3) is 3.90. The molecule has 1 aromatic carbocycles. The maximum Gasteiger partial charge on any atom is 0.272 e. The van der Waals surface area contributed by atoms with Gasteiger partial charge in [-0.1, -0.05) is 12.1 Å². The minimum Gasteiger partial charge on any atom is -0.350 e. The van der Waals surface area contributed by atoms with E-state index in [4.69, 9.17) is 0 Å². The highest BCUT2D eigenvalue weighted by Gasteiger charge is 2.21. The van der Waals surface area contributed by atoms with Gasteiger partial charge in [0.1, 0.15) is 0 Å². The quantitative estimate of drug-likeness (QED) is 0.556. The number of aromatic nitrogens is 2. The number of benzene rings is 1. The Morgan fingerprint density at radius 3 is 2.79 bits per heavy atom. The van der Waals surface area contributed by atoms with E-state index in [1.54, 1.807) is 12.1 Å². The van der Waals surface area contributed by atoms with Gasteiger partial charge >= 0.3 is 0 Å². The highest BCUT2D eigenvalue weighted by Crippen LogP contribution is 2.15. The molecule has 3 N–H and O–H groups in total. The lowest BCUT2D eigenvalue weighted by Gasteiger charge is -2.12. The first-order chi connectivity index (χ1) is 11.1. The van der Waals surface area contributed by atoms with Crippen LogP contribution in [0.4, 0.5) is 5.69 Å². The highest BCUT2D eigenvalue weighted by atomic mass is 35.5. The van der Waals surface area contributed by atoms with Crippen LogP contribution in [-0.4, -0.2) is 34.1 Å². The van der Waals surface area contributed by atoms with Gasteiger partial charge in [-0.2, -0.15) is 5.10 Å². The number of nitro groups is 1. The number of rotatable bonds is 5. The van der Waals surface area contributed by atoms with Crippen molar-refractivity contribution < 1.29 is 9.72 Å². The van der Waals surface area contributed by atoms with E-state index < -0.39 is 4.92 Å². The molecule has 1 aliphatic rings. The van der Waals surface area contributed by atoms with Crippen molar-refractivity contribution in [3.63, 3.8) is 0 Å². The molecular formula is C15H18ClN5O3. The maximum atomic E-state index is 12.2. The van der Waals surface area contributed by atoms with Gasteiger partial charge in [0.25, 0.3) is 11.6 Å². The monoisotopic (exact) mass is 351 g/mol. The maximum absolute atomic E-state index is 12.2. The van der Waals surface area contributed by atoms with Gasteiger partial charge < -0.3 is 10.6 Å². The van der Waals surface area contributed by atoms with Gasteiger partial charge in [0.2, 0.25) is 0 Å². The molecule has 8 nitrogen and oxygen atoms in total. The molecule has 0 unspecified atom stereocenters. The second kappa shape index (κ2) is 7.89. The SMILES string of the molecule is Cl.O=C(NCCc1ccc([N+](=O)[O-])cc1)c1n[nH]c2c1CNCC2. The third-order valence-corrected chi connectivity index (χ3v) is 3.87. The van der Waals surface area contributed by atoms with Crippen LogP contribution in [0.2, 0.25) is 0 Å². The van der Waals surface area contributed by atoms with E-state index in [0.717, 1.165) is 29.8 Å². The number of halogens is 1. The zero-order valence-electron chi connectivity index (χ0n) is 12.9. The van der Waals surface area contributed by atoms with Crippen molar-refractivity contribution in [1.29, 1.82) is 0 Å². The Kier molecular flexibility index (Phi) is 5.88. The molecule has 0 saturated carbocycles. The number of carbonyl (C=O) groups excluding carboxylic acids is 1. The van der Waals surface area contributed by atoms with Crippen LogP contribution in [0.15, 0.2) is 24.3 Å². The molecule has 24 heavy (non-hydrogen) atoms. The zero-order valence-corrected chi connectivity index (χ0v) is 13.7. The fraction of sp³-hybridized carbons (Fsp3) is 0.333. The largest absolute Gasteiger partial charge is 0.350 e. The number of carbonyl (C=O) groups is 1.